The van der Waals surface area contributed by atoms with Crippen molar-refractivity contribution < 1.29 is 9.59 Å². The Morgan fingerprint density at radius 3 is 2.20 bits per heavy atom. The van der Waals surface area contributed by atoms with Crippen molar-refractivity contribution in [3.05, 3.63) is 89.2 Å². The van der Waals surface area contributed by atoms with E-state index in [0.717, 1.165) is 17.5 Å². The fourth-order valence-corrected chi connectivity index (χ4v) is 3.80. The van der Waals surface area contributed by atoms with Crippen LogP contribution in [0.15, 0.2) is 67.0 Å². The Hall–Kier alpha value is -3.41. The minimum absolute atomic E-state index is 0.0190. The van der Waals surface area contributed by atoms with Gasteiger partial charge in [-0.1, -0.05) is 29.8 Å². The number of hydrogen-bond acceptors (Lipinski definition) is 3. The van der Waals surface area contributed by atoms with Crippen LogP contribution < -0.4 is 0 Å². The van der Waals surface area contributed by atoms with E-state index in [1.807, 2.05) is 82.2 Å². The number of nitrogens with zero attached hydrogens (tertiary/aromatic N) is 4. The topological polar surface area (TPSA) is 58.4 Å². The summed E-state index contributed by atoms with van der Waals surface area (Å²) in [5, 5.41) is 4.21. The Labute approximate surface area is 176 Å². The molecule has 0 atom stereocenters. The van der Waals surface area contributed by atoms with Gasteiger partial charge in [-0.05, 0) is 49.2 Å². The van der Waals surface area contributed by atoms with E-state index in [4.69, 9.17) is 0 Å². The molecule has 154 valence electrons. The number of aryl methyl sites for hydroxylation is 1. The maximum absolute atomic E-state index is 13.0. The van der Waals surface area contributed by atoms with Crippen molar-refractivity contribution >= 4 is 11.8 Å². The van der Waals surface area contributed by atoms with Crippen LogP contribution in [0.25, 0.3) is 0 Å². The molecule has 6 nitrogen and oxygen atoms in total. The summed E-state index contributed by atoms with van der Waals surface area (Å²) in [4.78, 5) is 29.5. The van der Waals surface area contributed by atoms with Crippen LogP contribution in [0, 0.1) is 6.92 Å². The molecular formula is C24H26N4O2. The van der Waals surface area contributed by atoms with Crippen LogP contribution >= 0.6 is 0 Å². The SMILES string of the molecule is Cc1cccc(C(=O)N2CCCN(C(=O)c3ccc(Cn4cccn4)cc3)CC2)c1. The molecule has 0 bridgehead atoms. The lowest BCUT2D eigenvalue weighted by Gasteiger charge is -2.22. The highest BCUT2D eigenvalue weighted by Gasteiger charge is 2.23. The summed E-state index contributed by atoms with van der Waals surface area (Å²) in [6.45, 7) is 5.09. The number of carbonyl (C=O) groups excluding carboxylic acids is 2. The first kappa shape index (κ1) is 19.9. The van der Waals surface area contributed by atoms with Crippen LogP contribution in [0.5, 0.6) is 0 Å². The van der Waals surface area contributed by atoms with Crippen molar-refractivity contribution in [2.24, 2.45) is 0 Å². The molecule has 2 amide bonds. The van der Waals surface area contributed by atoms with Crippen LogP contribution in [0.4, 0.5) is 0 Å². The second kappa shape index (κ2) is 8.95. The molecule has 1 fully saturated rings. The summed E-state index contributed by atoms with van der Waals surface area (Å²) in [6, 6.07) is 17.3. The van der Waals surface area contributed by atoms with Gasteiger partial charge in [-0.3, -0.25) is 14.3 Å². The number of carbonyl (C=O) groups is 2. The van der Waals surface area contributed by atoms with Gasteiger partial charge in [0.15, 0.2) is 0 Å². The van der Waals surface area contributed by atoms with E-state index in [-0.39, 0.29) is 11.8 Å². The molecule has 0 saturated carbocycles. The lowest BCUT2D eigenvalue weighted by molar-refractivity contribution is 0.0718. The van der Waals surface area contributed by atoms with Crippen LogP contribution in [0.1, 0.15) is 38.3 Å². The second-order valence-electron chi connectivity index (χ2n) is 7.71. The first-order chi connectivity index (χ1) is 14.6. The van der Waals surface area contributed by atoms with Gasteiger partial charge in [0.25, 0.3) is 11.8 Å². The van der Waals surface area contributed by atoms with Gasteiger partial charge in [0.2, 0.25) is 0 Å². The minimum atomic E-state index is 0.0190. The lowest BCUT2D eigenvalue weighted by atomic mass is 10.1. The second-order valence-corrected chi connectivity index (χ2v) is 7.71. The highest BCUT2D eigenvalue weighted by Crippen LogP contribution is 2.14. The van der Waals surface area contributed by atoms with E-state index < -0.39 is 0 Å². The van der Waals surface area contributed by atoms with E-state index in [1.165, 1.54) is 0 Å². The van der Waals surface area contributed by atoms with Crippen molar-refractivity contribution in [3.63, 3.8) is 0 Å². The van der Waals surface area contributed by atoms with Crippen LogP contribution in [-0.2, 0) is 6.54 Å². The Bertz CT molecular complexity index is 1010. The summed E-state index contributed by atoms with van der Waals surface area (Å²) in [5.41, 5.74) is 3.56. The minimum Gasteiger partial charge on any atom is -0.337 e. The summed E-state index contributed by atoms with van der Waals surface area (Å²) in [7, 11) is 0. The largest absolute Gasteiger partial charge is 0.337 e. The summed E-state index contributed by atoms with van der Waals surface area (Å²) in [5.74, 6) is 0.0569. The lowest BCUT2D eigenvalue weighted by Crippen LogP contribution is -2.37. The normalized spacial score (nSPS) is 14.4. The number of hydrogen-bond donors (Lipinski definition) is 0. The van der Waals surface area contributed by atoms with E-state index >= 15 is 0 Å². The molecule has 4 rings (SSSR count). The van der Waals surface area contributed by atoms with Crippen molar-refractivity contribution in [3.8, 4) is 0 Å². The highest BCUT2D eigenvalue weighted by molar-refractivity contribution is 5.95. The first-order valence-corrected chi connectivity index (χ1v) is 10.3. The van der Waals surface area contributed by atoms with Crippen molar-refractivity contribution in [2.45, 2.75) is 19.9 Å². The van der Waals surface area contributed by atoms with Gasteiger partial charge >= 0.3 is 0 Å². The van der Waals surface area contributed by atoms with Crippen molar-refractivity contribution in [2.75, 3.05) is 26.2 Å². The maximum Gasteiger partial charge on any atom is 0.253 e. The Kier molecular flexibility index (Phi) is 5.93. The predicted octanol–water partition coefficient (Wildman–Crippen LogP) is 3.23. The summed E-state index contributed by atoms with van der Waals surface area (Å²) in [6.07, 6.45) is 4.45. The summed E-state index contributed by atoms with van der Waals surface area (Å²) < 4.78 is 1.85. The molecule has 1 aliphatic rings. The van der Waals surface area contributed by atoms with Gasteiger partial charge in [0.05, 0.1) is 6.54 Å². The zero-order chi connectivity index (χ0) is 20.9. The standard InChI is InChI=1S/C24H26N4O2/c1-19-5-2-6-22(17-19)24(30)27-13-4-12-26(15-16-27)23(29)21-9-7-20(8-10-21)18-28-14-3-11-25-28/h2-3,5-11,14,17H,4,12-13,15-16,18H2,1H3. The zero-order valence-electron chi connectivity index (χ0n) is 17.2. The molecule has 1 saturated heterocycles. The molecule has 2 aromatic carbocycles. The average Bonchev–Trinajstić information content (AvgIpc) is 3.15. The van der Waals surface area contributed by atoms with E-state index in [0.29, 0.717) is 43.9 Å². The fraction of sp³-hybridized carbons (Fsp3) is 0.292. The van der Waals surface area contributed by atoms with Gasteiger partial charge < -0.3 is 9.80 Å². The van der Waals surface area contributed by atoms with Crippen LogP contribution in [0.3, 0.4) is 0 Å². The van der Waals surface area contributed by atoms with E-state index in [9.17, 15) is 9.59 Å². The quantitative estimate of drug-likeness (QED) is 0.673. The van der Waals surface area contributed by atoms with Crippen LogP contribution in [-0.4, -0.2) is 57.6 Å². The smallest absolute Gasteiger partial charge is 0.253 e. The molecule has 0 radical (unpaired) electrons. The highest BCUT2D eigenvalue weighted by atomic mass is 16.2. The number of aromatic nitrogens is 2. The third-order valence-electron chi connectivity index (χ3n) is 5.44. The average molecular weight is 402 g/mol. The molecule has 30 heavy (non-hydrogen) atoms. The molecule has 0 aliphatic carbocycles. The molecule has 1 aromatic heterocycles. The van der Waals surface area contributed by atoms with Gasteiger partial charge in [0, 0.05) is 49.7 Å². The predicted molar refractivity (Wildman–Crippen MR) is 115 cm³/mol. The Morgan fingerprint density at radius 2 is 1.57 bits per heavy atom. The third-order valence-corrected chi connectivity index (χ3v) is 5.44. The Morgan fingerprint density at radius 1 is 0.867 bits per heavy atom. The fourth-order valence-electron chi connectivity index (χ4n) is 3.80. The van der Waals surface area contributed by atoms with Gasteiger partial charge in [-0.25, -0.2) is 0 Å². The third kappa shape index (κ3) is 4.59. The van der Waals surface area contributed by atoms with Crippen molar-refractivity contribution in [1.29, 1.82) is 0 Å². The van der Waals surface area contributed by atoms with Gasteiger partial charge in [-0.2, -0.15) is 5.10 Å². The molecule has 2 heterocycles. The maximum atomic E-state index is 13.0. The number of amides is 2. The zero-order valence-corrected chi connectivity index (χ0v) is 17.2. The molecular weight excluding hydrogens is 376 g/mol. The van der Waals surface area contributed by atoms with E-state index in [1.54, 1.807) is 6.20 Å². The molecule has 0 N–H and O–H groups in total. The number of benzene rings is 2. The van der Waals surface area contributed by atoms with Gasteiger partial charge in [0.1, 0.15) is 0 Å². The molecule has 6 heteroatoms. The van der Waals surface area contributed by atoms with Crippen molar-refractivity contribution in [1.82, 2.24) is 19.6 Å². The summed E-state index contributed by atoms with van der Waals surface area (Å²) >= 11 is 0. The monoisotopic (exact) mass is 402 g/mol. The molecule has 0 unspecified atom stereocenters. The van der Waals surface area contributed by atoms with Crippen LogP contribution in [0.2, 0.25) is 0 Å². The van der Waals surface area contributed by atoms with E-state index in [2.05, 4.69) is 5.10 Å². The van der Waals surface area contributed by atoms with Gasteiger partial charge in [-0.15, -0.1) is 0 Å². The molecule has 3 aromatic rings. The number of rotatable bonds is 4. The molecule has 1 aliphatic heterocycles. The molecule has 0 spiro atoms. The Balaban J connectivity index is 1.38. The first-order valence-electron chi connectivity index (χ1n) is 10.3.